The van der Waals surface area contributed by atoms with Crippen LogP contribution in [0.4, 0.5) is 13.2 Å². The van der Waals surface area contributed by atoms with E-state index in [9.17, 15) is 18.0 Å². The normalized spacial score (nSPS) is 11.7. The maximum Gasteiger partial charge on any atom is 0.416 e. The molecule has 0 bridgehead atoms. The average Bonchev–Trinajstić information content (AvgIpc) is 3.14. The first-order valence-corrected chi connectivity index (χ1v) is 9.13. The molecule has 0 unspecified atom stereocenters. The summed E-state index contributed by atoms with van der Waals surface area (Å²) in [6.45, 7) is 2.49. The van der Waals surface area contributed by atoms with Gasteiger partial charge in [0.25, 0.3) is 5.56 Å². The zero-order chi connectivity index (χ0) is 21.3. The lowest BCUT2D eigenvalue weighted by atomic mass is 10.2. The fourth-order valence-corrected chi connectivity index (χ4v) is 3.08. The lowest BCUT2D eigenvalue weighted by Crippen LogP contribution is -2.23. The Bertz CT molecular complexity index is 1260. The van der Waals surface area contributed by atoms with E-state index in [4.69, 9.17) is 4.74 Å². The maximum absolute atomic E-state index is 13.0. The van der Waals surface area contributed by atoms with Crippen molar-refractivity contribution in [1.82, 2.24) is 19.3 Å². The van der Waals surface area contributed by atoms with Crippen molar-refractivity contribution in [2.75, 3.05) is 6.61 Å². The van der Waals surface area contributed by atoms with E-state index >= 15 is 0 Å². The topological polar surface area (TPSA) is 61.9 Å². The first-order chi connectivity index (χ1) is 14.3. The zero-order valence-corrected chi connectivity index (χ0v) is 15.9. The van der Waals surface area contributed by atoms with E-state index in [0.717, 1.165) is 17.7 Å². The summed E-state index contributed by atoms with van der Waals surface area (Å²) in [5, 5.41) is 4.28. The molecule has 0 saturated carbocycles. The van der Waals surface area contributed by atoms with E-state index in [-0.39, 0.29) is 35.4 Å². The van der Waals surface area contributed by atoms with Crippen molar-refractivity contribution in [3.8, 4) is 11.4 Å². The molecule has 0 saturated heterocycles. The molecule has 0 amide bonds. The number of hydrogen-bond acceptors (Lipinski definition) is 4. The van der Waals surface area contributed by atoms with E-state index in [1.54, 1.807) is 0 Å². The minimum absolute atomic E-state index is 0.173. The quantitative estimate of drug-likeness (QED) is 0.496. The minimum Gasteiger partial charge on any atom is -0.492 e. The molecule has 2 heterocycles. The number of aryl methyl sites for hydroxylation is 1. The smallest absolute Gasteiger partial charge is 0.416 e. The van der Waals surface area contributed by atoms with Crippen LogP contribution < -0.4 is 10.3 Å². The van der Waals surface area contributed by atoms with Crippen LogP contribution in [0.5, 0.6) is 5.75 Å². The van der Waals surface area contributed by atoms with Gasteiger partial charge in [0.05, 0.1) is 24.0 Å². The molecule has 0 aliphatic heterocycles. The molecule has 6 nitrogen and oxygen atoms in total. The van der Waals surface area contributed by atoms with E-state index in [0.29, 0.717) is 5.75 Å². The molecular formula is C21H17F3N4O2. The van der Waals surface area contributed by atoms with E-state index in [2.05, 4.69) is 10.1 Å². The Kier molecular flexibility index (Phi) is 5.03. The highest BCUT2D eigenvalue weighted by Crippen LogP contribution is 2.30. The van der Waals surface area contributed by atoms with Crippen molar-refractivity contribution in [3.63, 3.8) is 0 Å². The largest absolute Gasteiger partial charge is 0.492 e. The first-order valence-electron chi connectivity index (χ1n) is 9.13. The molecule has 0 atom stereocenters. The monoisotopic (exact) mass is 414 g/mol. The lowest BCUT2D eigenvalue weighted by molar-refractivity contribution is -0.137. The van der Waals surface area contributed by atoms with Crippen molar-refractivity contribution in [2.24, 2.45) is 0 Å². The highest BCUT2D eigenvalue weighted by atomic mass is 19.4. The second-order valence-corrected chi connectivity index (χ2v) is 6.75. The molecule has 30 heavy (non-hydrogen) atoms. The van der Waals surface area contributed by atoms with E-state index in [1.165, 1.54) is 33.9 Å². The molecule has 2 aromatic carbocycles. The van der Waals surface area contributed by atoms with Crippen molar-refractivity contribution < 1.29 is 17.9 Å². The van der Waals surface area contributed by atoms with Gasteiger partial charge in [-0.15, -0.1) is 0 Å². The van der Waals surface area contributed by atoms with Crippen LogP contribution in [0.3, 0.4) is 0 Å². The summed E-state index contributed by atoms with van der Waals surface area (Å²) >= 11 is 0. The summed E-state index contributed by atoms with van der Waals surface area (Å²) in [4.78, 5) is 17.0. The lowest BCUT2D eigenvalue weighted by Gasteiger charge is -2.10. The number of rotatable bonds is 5. The molecule has 0 N–H and O–H groups in total. The van der Waals surface area contributed by atoms with Crippen LogP contribution in [0.15, 0.2) is 65.8 Å². The highest BCUT2D eigenvalue weighted by molar-refractivity contribution is 5.75. The maximum atomic E-state index is 13.0. The molecule has 154 valence electrons. The standard InChI is InChI=1S/C21H17F3N4O2/c1-14-4-2-7-17(10-14)30-9-8-27-13-25-19-18(20(27)29)12-26-28(19)16-6-3-5-15(11-16)21(22,23)24/h2-7,10-13H,8-9H2,1H3. The number of nitrogens with zero attached hydrogens (tertiary/aromatic N) is 4. The summed E-state index contributed by atoms with van der Waals surface area (Å²) in [6, 6.07) is 12.3. The van der Waals surface area contributed by atoms with Gasteiger partial charge in [-0.2, -0.15) is 18.3 Å². The van der Waals surface area contributed by atoms with Crippen LogP contribution in [-0.4, -0.2) is 25.9 Å². The van der Waals surface area contributed by atoms with Crippen molar-refractivity contribution in [3.05, 3.63) is 82.5 Å². The zero-order valence-electron chi connectivity index (χ0n) is 15.9. The predicted molar refractivity (Wildman–Crippen MR) is 105 cm³/mol. The van der Waals surface area contributed by atoms with Crippen LogP contribution in [0.2, 0.25) is 0 Å². The van der Waals surface area contributed by atoms with Crippen LogP contribution in [-0.2, 0) is 12.7 Å². The molecule has 0 fully saturated rings. The second-order valence-electron chi connectivity index (χ2n) is 6.75. The third-order valence-corrected chi connectivity index (χ3v) is 4.56. The number of alkyl halides is 3. The predicted octanol–water partition coefficient (Wildman–Crippen LogP) is 3.99. The molecular weight excluding hydrogens is 397 g/mol. The molecule has 0 aliphatic rings. The Hall–Kier alpha value is -3.62. The van der Waals surface area contributed by atoms with Gasteiger partial charge in [0.15, 0.2) is 5.65 Å². The van der Waals surface area contributed by atoms with E-state index < -0.39 is 11.7 Å². The highest BCUT2D eigenvalue weighted by Gasteiger charge is 2.30. The summed E-state index contributed by atoms with van der Waals surface area (Å²) < 4.78 is 47.2. The number of ether oxygens (including phenoxy) is 1. The van der Waals surface area contributed by atoms with Gasteiger partial charge >= 0.3 is 6.18 Å². The Morgan fingerprint density at radius 1 is 1.10 bits per heavy atom. The van der Waals surface area contributed by atoms with Crippen LogP contribution in [0, 0.1) is 6.92 Å². The Labute approximate surface area is 169 Å². The second kappa shape index (κ2) is 7.66. The van der Waals surface area contributed by atoms with Gasteiger partial charge in [-0.3, -0.25) is 9.36 Å². The number of aromatic nitrogens is 4. The molecule has 0 radical (unpaired) electrons. The molecule has 4 aromatic rings. The van der Waals surface area contributed by atoms with Crippen LogP contribution in [0.25, 0.3) is 16.7 Å². The summed E-state index contributed by atoms with van der Waals surface area (Å²) in [7, 11) is 0. The third kappa shape index (κ3) is 3.91. The van der Waals surface area contributed by atoms with Gasteiger partial charge in [-0.25, -0.2) is 9.67 Å². The van der Waals surface area contributed by atoms with Gasteiger partial charge in [0.2, 0.25) is 0 Å². The fourth-order valence-electron chi connectivity index (χ4n) is 3.08. The number of halogens is 3. The van der Waals surface area contributed by atoms with Gasteiger partial charge in [0, 0.05) is 0 Å². The number of fused-ring (bicyclic) bond motifs is 1. The SMILES string of the molecule is Cc1cccc(OCCn2cnc3c(cnn3-c3cccc(C(F)(F)F)c3)c2=O)c1. The average molecular weight is 414 g/mol. The first kappa shape index (κ1) is 19.7. The van der Waals surface area contributed by atoms with Crippen molar-refractivity contribution >= 4 is 11.0 Å². The molecule has 4 rings (SSSR count). The third-order valence-electron chi connectivity index (χ3n) is 4.56. The van der Waals surface area contributed by atoms with Crippen molar-refractivity contribution in [2.45, 2.75) is 19.6 Å². The van der Waals surface area contributed by atoms with Crippen LogP contribution >= 0.6 is 0 Å². The van der Waals surface area contributed by atoms with Gasteiger partial charge in [-0.05, 0) is 42.8 Å². The summed E-state index contributed by atoms with van der Waals surface area (Å²) in [5.41, 5.74) is 0.286. The Morgan fingerprint density at radius 3 is 2.67 bits per heavy atom. The fraction of sp³-hybridized carbons (Fsp3) is 0.190. The number of benzene rings is 2. The molecule has 0 spiro atoms. The van der Waals surface area contributed by atoms with Gasteiger partial charge in [0.1, 0.15) is 24.1 Å². The molecule has 0 aliphatic carbocycles. The Balaban J connectivity index is 1.58. The van der Waals surface area contributed by atoms with Crippen LogP contribution in [0.1, 0.15) is 11.1 Å². The summed E-state index contributed by atoms with van der Waals surface area (Å²) in [5.74, 6) is 0.703. The summed E-state index contributed by atoms with van der Waals surface area (Å²) in [6.07, 6.45) is -1.82. The Morgan fingerprint density at radius 2 is 1.90 bits per heavy atom. The van der Waals surface area contributed by atoms with Crippen molar-refractivity contribution in [1.29, 1.82) is 0 Å². The molecule has 2 aromatic heterocycles. The van der Waals surface area contributed by atoms with Gasteiger partial charge < -0.3 is 4.74 Å². The minimum atomic E-state index is -4.48. The van der Waals surface area contributed by atoms with E-state index in [1.807, 2.05) is 31.2 Å². The molecule has 9 heteroatoms. The van der Waals surface area contributed by atoms with Gasteiger partial charge in [-0.1, -0.05) is 18.2 Å². The number of hydrogen-bond donors (Lipinski definition) is 0.